The van der Waals surface area contributed by atoms with E-state index in [2.05, 4.69) is 26.0 Å². The molecular weight excluding hydrogens is 184 g/mol. The predicted molar refractivity (Wildman–Crippen MR) is 57.0 cm³/mol. The summed E-state index contributed by atoms with van der Waals surface area (Å²) < 4.78 is 0. The molecule has 0 aromatic heterocycles. The zero-order valence-electron chi connectivity index (χ0n) is 8.41. The van der Waals surface area contributed by atoms with Crippen LogP contribution in [0.2, 0.25) is 0 Å². The smallest absolute Gasteiger partial charge is 0.0620 e. The van der Waals surface area contributed by atoms with Gasteiger partial charge in [-0.1, -0.05) is 32.4 Å². The molecule has 0 saturated heterocycles. The zero-order chi connectivity index (χ0) is 9.84. The van der Waals surface area contributed by atoms with Crippen LogP contribution in [0.25, 0.3) is 0 Å². The maximum absolute atomic E-state index is 9.69. The highest BCUT2D eigenvalue weighted by atomic mass is 35.5. The molecule has 0 heterocycles. The van der Waals surface area contributed by atoms with Crippen molar-refractivity contribution >= 4 is 11.6 Å². The summed E-state index contributed by atoms with van der Waals surface area (Å²) in [6, 6.07) is 0. The van der Waals surface area contributed by atoms with Crippen LogP contribution in [0, 0.1) is 11.8 Å². The van der Waals surface area contributed by atoms with Crippen LogP contribution >= 0.6 is 11.6 Å². The maximum Gasteiger partial charge on any atom is 0.0620 e. The lowest BCUT2D eigenvalue weighted by atomic mass is 9.96. The van der Waals surface area contributed by atoms with Crippen molar-refractivity contribution in [3.8, 4) is 0 Å². The molecule has 1 saturated carbocycles. The fourth-order valence-electron chi connectivity index (χ4n) is 1.92. The van der Waals surface area contributed by atoms with Crippen molar-refractivity contribution in [3.63, 3.8) is 0 Å². The zero-order valence-corrected chi connectivity index (χ0v) is 9.17. The average Bonchev–Trinajstić information content (AvgIpc) is 2.32. The summed E-state index contributed by atoms with van der Waals surface area (Å²) in [6.07, 6.45) is 7.08. The van der Waals surface area contributed by atoms with E-state index in [1.807, 2.05) is 0 Å². The lowest BCUT2D eigenvalue weighted by molar-refractivity contribution is 0.144. The van der Waals surface area contributed by atoms with Crippen molar-refractivity contribution < 1.29 is 5.11 Å². The molecule has 0 amide bonds. The topological polar surface area (TPSA) is 20.2 Å². The molecule has 1 N–H and O–H groups in total. The molecule has 1 nitrogen and oxygen atoms in total. The van der Waals surface area contributed by atoms with Gasteiger partial charge in [0.15, 0.2) is 0 Å². The number of aliphatic hydroxyl groups is 1. The minimum atomic E-state index is -0.231. The molecule has 76 valence electrons. The van der Waals surface area contributed by atoms with Gasteiger partial charge in [-0.25, -0.2) is 0 Å². The van der Waals surface area contributed by atoms with Crippen molar-refractivity contribution in [2.45, 2.75) is 44.6 Å². The number of hydrogen-bond acceptors (Lipinski definition) is 1. The first-order valence-electron chi connectivity index (χ1n) is 5.15. The lowest BCUT2D eigenvalue weighted by Crippen LogP contribution is -2.15. The fourth-order valence-corrected chi connectivity index (χ4v) is 2.27. The number of unbranched alkanes of at least 4 members (excludes halogenated alkanes) is 1. The SMILES string of the molecule is CCC/C=C/C1C(C)[C@H](Cl)C[C@H]1O. The number of hydrogen-bond donors (Lipinski definition) is 1. The molecule has 0 aromatic carbocycles. The third kappa shape index (κ3) is 2.72. The second-order valence-corrected chi connectivity index (χ2v) is 4.53. The lowest BCUT2D eigenvalue weighted by Gasteiger charge is -2.14. The van der Waals surface area contributed by atoms with Gasteiger partial charge in [0, 0.05) is 11.3 Å². The Bertz CT molecular complexity index is 179. The minimum Gasteiger partial charge on any atom is -0.392 e. The van der Waals surface area contributed by atoms with Gasteiger partial charge in [-0.2, -0.15) is 0 Å². The molecule has 0 aromatic rings. The third-order valence-corrected chi connectivity index (χ3v) is 3.48. The van der Waals surface area contributed by atoms with Gasteiger partial charge in [0.05, 0.1) is 6.10 Å². The van der Waals surface area contributed by atoms with Gasteiger partial charge < -0.3 is 5.11 Å². The Morgan fingerprint density at radius 3 is 2.69 bits per heavy atom. The Hall–Kier alpha value is -0.0100. The first-order chi connectivity index (χ1) is 6.16. The van der Waals surface area contributed by atoms with E-state index in [4.69, 9.17) is 11.6 Å². The second-order valence-electron chi connectivity index (χ2n) is 3.97. The highest BCUT2D eigenvalue weighted by Gasteiger charge is 2.36. The first-order valence-corrected chi connectivity index (χ1v) is 5.59. The number of allylic oxidation sites excluding steroid dienone is 1. The fraction of sp³-hybridized carbons (Fsp3) is 0.818. The molecule has 1 rings (SSSR count). The number of alkyl halides is 1. The van der Waals surface area contributed by atoms with Gasteiger partial charge >= 0.3 is 0 Å². The Morgan fingerprint density at radius 1 is 1.54 bits per heavy atom. The van der Waals surface area contributed by atoms with Crippen LogP contribution in [0.5, 0.6) is 0 Å². The van der Waals surface area contributed by atoms with Gasteiger partial charge in [-0.3, -0.25) is 0 Å². The van der Waals surface area contributed by atoms with E-state index in [1.165, 1.54) is 0 Å². The number of rotatable bonds is 3. The van der Waals surface area contributed by atoms with Crippen LogP contribution in [-0.2, 0) is 0 Å². The summed E-state index contributed by atoms with van der Waals surface area (Å²) in [5, 5.41) is 9.84. The standard InChI is InChI=1S/C11H19ClO/c1-3-4-5-6-9-8(2)10(12)7-11(9)13/h5-6,8-11,13H,3-4,7H2,1-2H3/b6-5+/t8?,9?,10-,11-/m1/s1. The van der Waals surface area contributed by atoms with E-state index in [-0.39, 0.29) is 17.4 Å². The maximum atomic E-state index is 9.69. The molecule has 0 radical (unpaired) electrons. The number of halogens is 1. The Balaban J connectivity index is 2.48. The van der Waals surface area contributed by atoms with E-state index in [1.54, 1.807) is 0 Å². The molecule has 0 bridgehead atoms. The van der Waals surface area contributed by atoms with Crippen molar-refractivity contribution in [2.75, 3.05) is 0 Å². The summed E-state index contributed by atoms with van der Waals surface area (Å²) >= 11 is 6.07. The van der Waals surface area contributed by atoms with Crippen molar-refractivity contribution in [2.24, 2.45) is 11.8 Å². The summed E-state index contributed by atoms with van der Waals surface area (Å²) in [6.45, 7) is 4.28. The van der Waals surface area contributed by atoms with Crippen LogP contribution in [0.15, 0.2) is 12.2 Å². The minimum absolute atomic E-state index is 0.145. The van der Waals surface area contributed by atoms with Gasteiger partial charge in [0.25, 0.3) is 0 Å². The molecule has 4 atom stereocenters. The number of aliphatic hydroxyl groups excluding tert-OH is 1. The first kappa shape index (κ1) is 11.1. The van der Waals surface area contributed by atoms with Crippen molar-refractivity contribution in [1.29, 1.82) is 0 Å². The van der Waals surface area contributed by atoms with Gasteiger partial charge in [-0.15, -0.1) is 11.6 Å². The Morgan fingerprint density at radius 2 is 2.23 bits per heavy atom. The molecule has 1 aliphatic carbocycles. The molecule has 0 spiro atoms. The van der Waals surface area contributed by atoms with Gasteiger partial charge in [-0.05, 0) is 18.8 Å². The molecule has 2 unspecified atom stereocenters. The molecule has 1 fully saturated rings. The molecule has 0 aliphatic heterocycles. The summed E-state index contributed by atoms with van der Waals surface area (Å²) in [5.41, 5.74) is 0. The van der Waals surface area contributed by atoms with Gasteiger partial charge in [0.1, 0.15) is 0 Å². The highest BCUT2D eigenvalue weighted by Crippen LogP contribution is 2.36. The van der Waals surface area contributed by atoms with E-state index >= 15 is 0 Å². The predicted octanol–water partition coefficient (Wildman–Crippen LogP) is 2.97. The monoisotopic (exact) mass is 202 g/mol. The quantitative estimate of drug-likeness (QED) is 0.551. The summed E-state index contributed by atoms with van der Waals surface area (Å²) in [7, 11) is 0. The van der Waals surface area contributed by atoms with E-state index < -0.39 is 0 Å². The molecule has 1 aliphatic rings. The molecule has 2 heteroatoms. The summed E-state index contributed by atoms with van der Waals surface area (Å²) in [5.74, 6) is 0.679. The molecular formula is C11H19ClO. The highest BCUT2D eigenvalue weighted by molar-refractivity contribution is 6.21. The van der Waals surface area contributed by atoms with Crippen LogP contribution in [-0.4, -0.2) is 16.6 Å². The largest absolute Gasteiger partial charge is 0.392 e. The van der Waals surface area contributed by atoms with Crippen LogP contribution in [0.3, 0.4) is 0 Å². The van der Waals surface area contributed by atoms with E-state index in [0.717, 1.165) is 19.3 Å². The van der Waals surface area contributed by atoms with Gasteiger partial charge in [0.2, 0.25) is 0 Å². The van der Waals surface area contributed by atoms with Crippen LogP contribution in [0.4, 0.5) is 0 Å². The van der Waals surface area contributed by atoms with Crippen LogP contribution < -0.4 is 0 Å². The molecule has 13 heavy (non-hydrogen) atoms. The second kappa shape index (κ2) is 5.02. The Labute approximate surface area is 85.8 Å². The van der Waals surface area contributed by atoms with Crippen molar-refractivity contribution in [1.82, 2.24) is 0 Å². The average molecular weight is 203 g/mol. The third-order valence-electron chi connectivity index (χ3n) is 2.90. The summed E-state index contributed by atoms with van der Waals surface area (Å²) in [4.78, 5) is 0. The van der Waals surface area contributed by atoms with E-state index in [9.17, 15) is 5.11 Å². The van der Waals surface area contributed by atoms with Crippen LogP contribution in [0.1, 0.15) is 33.1 Å². The van der Waals surface area contributed by atoms with E-state index in [0.29, 0.717) is 5.92 Å². The normalized spacial score (nSPS) is 40.3. The van der Waals surface area contributed by atoms with Crippen molar-refractivity contribution in [3.05, 3.63) is 12.2 Å². The Kier molecular flexibility index (Phi) is 4.27.